The molecule has 0 fully saturated rings. The van der Waals surface area contributed by atoms with Crippen LogP contribution in [0.5, 0.6) is 11.5 Å². The molecule has 0 aliphatic carbocycles. The Bertz CT molecular complexity index is 1700. The number of rotatable bonds is 14. The molecule has 0 aromatic heterocycles. The van der Waals surface area contributed by atoms with E-state index in [1.165, 1.54) is 37.3 Å². The fourth-order valence-corrected chi connectivity index (χ4v) is 6.51. The Labute approximate surface area is 269 Å². The van der Waals surface area contributed by atoms with E-state index in [9.17, 15) is 18.0 Å². The summed E-state index contributed by atoms with van der Waals surface area (Å²) in [6.45, 7) is 1.54. The number of nitrogens with zero attached hydrogens (tertiary/aromatic N) is 2. The average molecular weight is 650 g/mol. The van der Waals surface area contributed by atoms with Crippen LogP contribution in [0.1, 0.15) is 18.1 Å². The van der Waals surface area contributed by atoms with E-state index in [-0.39, 0.29) is 35.2 Å². The maximum atomic E-state index is 14.4. The highest BCUT2D eigenvalue weighted by atomic mass is 35.5. The first-order valence-electron chi connectivity index (χ1n) is 14.3. The van der Waals surface area contributed by atoms with E-state index in [0.717, 1.165) is 9.87 Å². The quantitative estimate of drug-likeness (QED) is 0.198. The summed E-state index contributed by atoms with van der Waals surface area (Å²) >= 11 is 6.52. The molecule has 0 bridgehead atoms. The molecule has 0 unspecified atom stereocenters. The monoisotopic (exact) mass is 649 g/mol. The average Bonchev–Trinajstić information content (AvgIpc) is 3.06. The second kappa shape index (κ2) is 15.5. The number of carbonyl (C=O) groups excluding carboxylic acids is 2. The molecule has 4 aromatic rings. The van der Waals surface area contributed by atoms with Gasteiger partial charge in [0.05, 0.1) is 24.8 Å². The van der Waals surface area contributed by atoms with Crippen LogP contribution in [0.3, 0.4) is 0 Å². The number of para-hydroxylation sites is 1. The lowest BCUT2D eigenvalue weighted by molar-refractivity contribution is -0.140. The first kappa shape index (κ1) is 33.4. The number of hydrogen-bond donors (Lipinski definition) is 1. The summed E-state index contributed by atoms with van der Waals surface area (Å²) in [5, 5.41) is 3.26. The molecule has 0 aliphatic heterocycles. The number of ether oxygens (including phenoxy) is 2. The van der Waals surface area contributed by atoms with Crippen molar-refractivity contribution in [2.24, 2.45) is 0 Å². The smallest absolute Gasteiger partial charge is 0.264 e. The molecule has 0 aliphatic rings. The van der Waals surface area contributed by atoms with Crippen LogP contribution in [0.4, 0.5) is 5.69 Å². The predicted molar refractivity (Wildman–Crippen MR) is 175 cm³/mol. The Morgan fingerprint density at radius 1 is 0.844 bits per heavy atom. The van der Waals surface area contributed by atoms with Crippen LogP contribution < -0.4 is 19.1 Å². The predicted octanol–water partition coefficient (Wildman–Crippen LogP) is 5.33. The van der Waals surface area contributed by atoms with Gasteiger partial charge in [-0.2, -0.15) is 0 Å². The van der Waals surface area contributed by atoms with E-state index < -0.39 is 28.5 Å². The Hall–Kier alpha value is -4.54. The minimum Gasteiger partial charge on any atom is -0.493 e. The van der Waals surface area contributed by atoms with Crippen molar-refractivity contribution in [1.82, 2.24) is 10.2 Å². The number of hydrogen-bond acceptors (Lipinski definition) is 6. The van der Waals surface area contributed by atoms with E-state index in [4.69, 9.17) is 21.1 Å². The number of benzene rings is 4. The van der Waals surface area contributed by atoms with E-state index in [2.05, 4.69) is 5.32 Å². The zero-order valence-corrected chi connectivity index (χ0v) is 26.9. The number of methoxy groups -OCH3 is 2. The second-order valence-corrected chi connectivity index (χ2v) is 12.3. The van der Waals surface area contributed by atoms with Gasteiger partial charge in [0.1, 0.15) is 12.6 Å². The Kier molecular flexibility index (Phi) is 11.5. The molecule has 11 heteroatoms. The molecule has 0 heterocycles. The van der Waals surface area contributed by atoms with Crippen molar-refractivity contribution >= 4 is 39.1 Å². The molecule has 0 spiro atoms. The molecular weight excluding hydrogens is 614 g/mol. The molecule has 2 amide bonds. The Morgan fingerprint density at radius 3 is 2.09 bits per heavy atom. The van der Waals surface area contributed by atoms with Gasteiger partial charge in [-0.15, -0.1) is 0 Å². The zero-order chi connectivity index (χ0) is 32.4. The van der Waals surface area contributed by atoms with Crippen LogP contribution in [0.2, 0.25) is 5.02 Å². The van der Waals surface area contributed by atoms with Gasteiger partial charge in [0.25, 0.3) is 10.0 Å². The van der Waals surface area contributed by atoms with Crippen LogP contribution in [-0.2, 0) is 32.6 Å². The maximum absolute atomic E-state index is 14.4. The molecule has 45 heavy (non-hydrogen) atoms. The van der Waals surface area contributed by atoms with Gasteiger partial charge in [-0.25, -0.2) is 8.42 Å². The third kappa shape index (κ3) is 8.14. The number of carbonyl (C=O) groups is 2. The standard InChI is InChI=1S/C34H36ClN3O6S/c1-4-36-34(40)30(21-25-13-7-5-8-14-25)37(23-26-15-11-12-18-29(26)35)33(39)24-38(27-16-9-6-10-17-27)45(41,42)28-19-20-31(43-2)32(22-28)44-3/h5-20,22,30H,4,21,23-24H2,1-3H3,(H,36,40)/t30-/m1/s1. The van der Waals surface area contributed by atoms with Gasteiger partial charge in [0.2, 0.25) is 11.8 Å². The van der Waals surface area contributed by atoms with Crippen LogP contribution in [0.15, 0.2) is 108 Å². The third-order valence-electron chi connectivity index (χ3n) is 7.19. The molecule has 1 atom stereocenters. The lowest BCUT2D eigenvalue weighted by atomic mass is 10.0. The summed E-state index contributed by atoms with van der Waals surface area (Å²) in [5.74, 6) is -0.376. The molecule has 1 N–H and O–H groups in total. The third-order valence-corrected chi connectivity index (χ3v) is 9.33. The highest BCUT2D eigenvalue weighted by molar-refractivity contribution is 7.92. The van der Waals surface area contributed by atoms with Crippen LogP contribution in [-0.4, -0.2) is 58.5 Å². The first-order valence-corrected chi connectivity index (χ1v) is 16.2. The van der Waals surface area contributed by atoms with E-state index in [1.807, 2.05) is 30.3 Å². The summed E-state index contributed by atoms with van der Waals surface area (Å²) in [5.41, 5.74) is 1.73. The van der Waals surface area contributed by atoms with Gasteiger partial charge in [-0.3, -0.25) is 13.9 Å². The molecule has 0 radical (unpaired) electrons. The Morgan fingerprint density at radius 2 is 1.47 bits per heavy atom. The van der Waals surface area contributed by atoms with Gasteiger partial charge >= 0.3 is 0 Å². The lowest BCUT2D eigenvalue weighted by Gasteiger charge is -2.34. The first-order chi connectivity index (χ1) is 21.7. The van der Waals surface area contributed by atoms with Crippen LogP contribution >= 0.6 is 11.6 Å². The van der Waals surface area contributed by atoms with Gasteiger partial charge in [0.15, 0.2) is 11.5 Å². The molecule has 236 valence electrons. The van der Waals surface area contributed by atoms with Gasteiger partial charge in [-0.1, -0.05) is 78.3 Å². The number of likely N-dealkylation sites (N-methyl/N-ethyl adjacent to an activating group) is 1. The Balaban J connectivity index is 1.81. The summed E-state index contributed by atoms with van der Waals surface area (Å²) in [7, 11) is -1.45. The van der Waals surface area contributed by atoms with Crippen molar-refractivity contribution in [3.8, 4) is 11.5 Å². The van der Waals surface area contributed by atoms with Crippen molar-refractivity contribution in [2.45, 2.75) is 30.8 Å². The molecule has 9 nitrogen and oxygen atoms in total. The highest BCUT2D eigenvalue weighted by Gasteiger charge is 2.35. The molecule has 4 rings (SSSR count). The number of sulfonamides is 1. The molecule has 0 saturated carbocycles. The second-order valence-electron chi connectivity index (χ2n) is 10.1. The van der Waals surface area contributed by atoms with Gasteiger partial charge < -0.3 is 19.7 Å². The van der Waals surface area contributed by atoms with Crippen molar-refractivity contribution < 1.29 is 27.5 Å². The largest absolute Gasteiger partial charge is 0.493 e. The summed E-state index contributed by atoms with van der Waals surface area (Å²) < 4.78 is 40.1. The topological polar surface area (TPSA) is 105 Å². The van der Waals surface area contributed by atoms with E-state index in [0.29, 0.717) is 22.9 Å². The summed E-state index contributed by atoms with van der Waals surface area (Å²) in [4.78, 5) is 29.3. The minimum absolute atomic E-state index is 0.0216. The highest BCUT2D eigenvalue weighted by Crippen LogP contribution is 2.32. The van der Waals surface area contributed by atoms with Crippen molar-refractivity contribution in [1.29, 1.82) is 0 Å². The fraction of sp³-hybridized carbons (Fsp3) is 0.235. The maximum Gasteiger partial charge on any atom is 0.264 e. The van der Waals surface area contributed by atoms with Crippen molar-refractivity contribution in [3.63, 3.8) is 0 Å². The SMILES string of the molecule is CCNC(=O)[C@@H](Cc1ccccc1)N(Cc1ccccc1Cl)C(=O)CN(c1ccccc1)S(=O)(=O)c1ccc(OC)c(OC)c1. The zero-order valence-electron chi connectivity index (χ0n) is 25.4. The number of amides is 2. The fourth-order valence-electron chi connectivity index (χ4n) is 4.88. The molecular formula is C34H36ClN3O6S. The minimum atomic E-state index is -4.31. The van der Waals surface area contributed by atoms with Gasteiger partial charge in [-0.05, 0) is 48.4 Å². The van der Waals surface area contributed by atoms with E-state index in [1.54, 1.807) is 61.5 Å². The molecule has 0 saturated heterocycles. The van der Waals surface area contributed by atoms with Gasteiger partial charge in [0, 0.05) is 30.6 Å². The molecule has 4 aromatic carbocycles. The summed E-state index contributed by atoms with van der Waals surface area (Å²) in [6, 6.07) is 28.0. The van der Waals surface area contributed by atoms with Crippen LogP contribution in [0, 0.1) is 0 Å². The number of nitrogens with one attached hydrogen (secondary N) is 1. The van der Waals surface area contributed by atoms with Crippen LogP contribution in [0.25, 0.3) is 0 Å². The summed E-state index contributed by atoms with van der Waals surface area (Å²) in [6.07, 6.45) is 0.205. The lowest BCUT2D eigenvalue weighted by Crippen LogP contribution is -2.53. The van der Waals surface area contributed by atoms with Crippen molar-refractivity contribution in [2.75, 3.05) is 31.6 Å². The van der Waals surface area contributed by atoms with E-state index >= 15 is 0 Å². The number of halogens is 1. The number of anilines is 1. The normalized spacial score (nSPS) is 11.7. The van der Waals surface area contributed by atoms with Crippen molar-refractivity contribution in [3.05, 3.63) is 119 Å².